The van der Waals surface area contributed by atoms with Gasteiger partial charge in [-0.05, 0) is 46.7 Å². The Morgan fingerprint density at radius 3 is 2.55 bits per heavy atom. The second-order valence-corrected chi connectivity index (χ2v) is 5.89. The molecule has 2 aromatic rings. The molecule has 1 aliphatic heterocycles. The number of morpholine rings is 1. The van der Waals surface area contributed by atoms with Gasteiger partial charge in [0.25, 0.3) is 5.91 Å². The summed E-state index contributed by atoms with van der Waals surface area (Å²) in [6.45, 7) is 1.62. The molecule has 2 amide bonds. The number of carbonyl (C=O) groups is 2. The number of hydrogen-bond acceptors (Lipinski definition) is 4. The molecular formula is C16H16N2O3S. The first-order valence-electron chi connectivity index (χ1n) is 6.98. The van der Waals surface area contributed by atoms with E-state index < -0.39 is 5.91 Å². The molecule has 2 N–H and O–H groups in total. The lowest BCUT2D eigenvalue weighted by Gasteiger charge is -2.32. The molecule has 5 nitrogen and oxygen atoms in total. The molecule has 0 spiro atoms. The quantitative estimate of drug-likeness (QED) is 0.942. The van der Waals surface area contributed by atoms with Gasteiger partial charge >= 0.3 is 0 Å². The van der Waals surface area contributed by atoms with E-state index in [9.17, 15) is 9.59 Å². The first-order chi connectivity index (χ1) is 10.6. The maximum absolute atomic E-state index is 12.6. The Balaban J connectivity index is 1.72. The highest BCUT2D eigenvalue weighted by Crippen LogP contribution is 2.25. The van der Waals surface area contributed by atoms with Crippen molar-refractivity contribution in [3.63, 3.8) is 0 Å². The van der Waals surface area contributed by atoms with Crippen LogP contribution in [0.4, 0.5) is 0 Å². The summed E-state index contributed by atoms with van der Waals surface area (Å²) in [5.41, 5.74) is 7.26. The van der Waals surface area contributed by atoms with Gasteiger partial charge in [-0.1, -0.05) is 0 Å². The zero-order valence-corrected chi connectivity index (χ0v) is 12.7. The molecule has 0 bridgehead atoms. The summed E-state index contributed by atoms with van der Waals surface area (Å²) in [6.07, 6.45) is -0.0751. The van der Waals surface area contributed by atoms with Crippen LogP contribution in [0.15, 0.2) is 41.1 Å². The van der Waals surface area contributed by atoms with Crippen LogP contribution in [0.1, 0.15) is 32.4 Å². The van der Waals surface area contributed by atoms with Crippen molar-refractivity contribution in [2.75, 3.05) is 19.7 Å². The van der Waals surface area contributed by atoms with Crippen molar-refractivity contribution in [2.45, 2.75) is 6.10 Å². The average molecular weight is 316 g/mol. The minimum Gasteiger partial charge on any atom is -0.370 e. The molecule has 0 aliphatic carbocycles. The third-order valence-corrected chi connectivity index (χ3v) is 4.39. The summed E-state index contributed by atoms with van der Waals surface area (Å²) in [6, 6.07) is 8.44. The number of nitrogens with two attached hydrogens (primary N) is 1. The van der Waals surface area contributed by atoms with Gasteiger partial charge < -0.3 is 15.4 Å². The predicted octanol–water partition coefficient (Wildman–Crippen LogP) is 2.06. The Kier molecular flexibility index (Phi) is 4.22. The maximum Gasteiger partial charge on any atom is 0.254 e. The summed E-state index contributed by atoms with van der Waals surface area (Å²) >= 11 is 1.62. The molecule has 2 heterocycles. The van der Waals surface area contributed by atoms with E-state index in [0.29, 0.717) is 30.8 Å². The van der Waals surface area contributed by atoms with E-state index in [-0.39, 0.29) is 12.0 Å². The number of carbonyl (C=O) groups excluding carboxylic acids is 2. The Labute approximate surface area is 132 Å². The van der Waals surface area contributed by atoms with Crippen LogP contribution in [-0.2, 0) is 4.74 Å². The highest BCUT2D eigenvalue weighted by molar-refractivity contribution is 7.07. The fourth-order valence-electron chi connectivity index (χ4n) is 2.45. The third-order valence-electron chi connectivity index (χ3n) is 3.68. The van der Waals surface area contributed by atoms with E-state index in [2.05, 4.69) is 0 Å². The number of nitrogens with zero attached hydrogens (tertiary/aromatic N) is 1. The molecule has 3 rings (SSSR count). The van der Waals surface area contributed by atoms with Crippen molar-refractivity contribution in [3.05, 3.63) is 57.8 Å². The molecule has 0 saturated carbocycles. The number of amides is 2. The van der Waals surface area contributed by atoms with E-state index in [1.165, 1.54) is 0 Å². The highest BCUT2D eigenvalue weighted by Gasteiger charge is 2.26. The summed E-state index contributed by atoms with van der Waals surface area (Å²) in [5, 5.41) is 4.04. The van der Waals surface area contributed by atoms with Crippen molar-refractivity contribution >= 4 is 23.2 Å². The van der Waals surface area contributed by atoms with Gasteiger partial charge in [-0.3, -0.25) is 9.59 Å². The first kappa shape index (κ1) is 14.7. The standard InChI is InChI=1S/C16H16N2O3S/c17-15(19)11-1-3-12(4-2-11)16(20)18-6-7-21-14(9-18)13-5-8-22-10-13/h1-5,8,10,14H,6-7,9H2,(H2,17,19). The van der Waals surface area contributed by atoms with E-state index in [0.717, 1.165) is 5.56 Å². The molecule has 1 aromatic carbocycles. The Hall–Kier alpha value is -2.18. The lowest BCUT2D eigenvalue weighted by Crippen LogP contribution is -2.42. The van der Waals surface area contributed by atoms with E-state index in [1.807, 2.05) is 16.8 Å². The minimum atomic E-state index is -0.497. The molecule has 1 unspecified atom stereocenters. The number of hydrogen-bond donors (Lipinski definition) is 1. The highest BCUT2D eigenvalue weighted by atomic mass is 32.1. The van der Waals surface area contributed by atoms with Crippen LogP contribution in [0.3, 0.4) is 0 Å². The molecular weight excluding hydrogens is 300 g/mol. The van der Waals surface area contributed by atoms with Crippen LogP contribution >= 0.6 is 11.3 Å². The molecule has 1 atom stereocenters. The van der Waals surface area contributed by atoms with Crippen molar-refractivity contribution in [1.82, 2.24) is 4.90 Å². The summed E-state index contributed by atoms with van der Waals surface area (Å²) < 4.78 is 5.74. The van der Waals surface area contributed by atoms with E-state index in [1.54, 1.807) is 40.5 Å². The number of thiophene rings is 1. The first-order valence-corrected chi connectivity index (χ1v) is 7.92. The van der Waals surface area contributed by atoms with Crippen molar-refractivity contribution in [3.8, 4) is 0 Å². The number of primary amides is 1. The lowest BCUT2D eigenvalue weighted by molar-refractivity contribution is -0.0226. The number of ether oxygens (including phenoxy) is 1. The third kappa shape index (κ3) is 3.03. The van der Waals surface area contributed by atoms with Gasteiger partial charge in [-0.25, -0.2) is 0 Å². The van der Waals surface area contributed by atoms with Gasteiger partial charge in [0.05, 0.1) is 13.2 Å². The van der Waals surface area contributed by atoms with Crippen molar-refractivity contribution in [2.24, 2.45) is 5.73 Å². The Morgan fingerprint density at radius 2 is 1.91 bits per heavy atom. The Bertz CT molecular complexity index is 667. The smallest absolute Gasteiger partial charge is 0.254 e. The van der Waals surface area contributed by atoms with Crippen LogP contribution in [0.2, 0.25) is 0 Å². The zero-order chi connectivity index (χ0) is 15.5. The van der Waals surface area contributed by atoms with Gasteiger partial charge in [-0.15, -0.1) is 0 Å². The van der Waals surface area contributed by atoms with Gasteiger partial charge in [-0.2, -0.15) is 11.3 Å². The minimum absolute atomic E-state index is 0.0560. The fraction of sp³-hybridized carbons (Fsp3) is 0.250. The summed E-state index contributed by atoms with van der Waals surface area (Å²) in [7, 11) is 0. The lowest BCUT2D eigenvalue weighted by atomic mass is 10.1. The fourth-order valence-corrected chi connectivity index (χ4v) is 3.16. The normalized spacial score (nSPS) is 18.2. The van der Waals surface area contributed by atoms with Crippen molar-refractivity contribution in [1.29, 1.82) is 0 Å². The van der Waals surface area contributed by atoms with E-state index >= 15 is 0 Å². The van der Waals surface area contributed by atoms with Crippen molar-refractivity contribution < 1.29 is 14.3 Å². The monoisotopic (exact) mass is 316 g/mol. The van der Waals surface area contributed by atoms with Crippen LogP contribution in [-0.4, -0.2) is 36.4 Å². The summed E-state index contributed by atoms with van der Waals surface area (Å²) in [5.74, 6) is -0.553. The number of rotatable bonds is 3. The number of benzene rings is 1. The van der Waals surface area contributed by atoms with E-state index in [4.69, 9.17) is 10.5 Å². The van der Waals surface area contributed by atoms with Crippen LogP contribution in [0.5, 0.6) is 0 Å². The Morgan fingerprint density at radius 1 is 1.18 bits per heavy atom. The zero-order valence-electron chi connectivity index (χ0n) is 11.9. The predicted molar refractivity (Wildman–Crippen MR) is 83.9 cm³/mol. The molecule has 1 aliphatic rings. The van der Waals surface area contributed by atoms with Crippen LogP contribution < -0.4 is 5.73 Å². The molecule has 6 heteroatoms. The van der Waals surface area contributed by atoms with Gasteiger partial charge in [0.2, 0.25) is 5.91 Å². The second-order valence-electron chi connectivity index (χ2n) is 5.11. The van der Waals surface area contributed by atoms with Gasteiger partial charge in [0.1, 0.15) is 6.10 Å². The largest absolute Gasteiger partial charge is 0.370 e. The topological polar surface area (TPSA) is 72.6 Å². The average Bonchev–Trinajstić information content (AvgIpc) is 3.09. The van der Waals surface area contributed by atoms with Gasteiger partial charge in [0.15, 0.2) is 0 Å². The maximum atomic E-state index is 12.6. The van der Waals surface area contributed by atoms with Crippen LogP contribution in [0.25, 0.3) is 0 Å². The molecule has 1 saturated heterocycles. The molecule has 1 aromatic heterocycles. The molecule has 114 valence electrons. The molecule has 0 radical (unpaired) electrons. The van der Waals surface area contributed by atoms with Gasteiger partial charge in [0, 0.05) is 17.7 Å². The molecule has 22 heavy (non-hydrogen) atoms. The molecule has 1 fully saturated rings. The summed E-state index contributed by atoms with van der Waals surface area (Å²) in [4.78, 5) is 25.4. The SMILES string of the molecule is NC(=O)c1ccc(C(=O)N2CCOC(c3ccsc3)C2)cc1. The second kappa shape index (κ2) is 6.29. The van der Waals surface area contributed by atoms with Crippen LogP contribution in [0, 0.1) is 0 Å².